The first-order valence-corrected chi connectivity index (χ1v) is 8.89. The maximum absolute atomic E-state index is 12.7. The zero-order chi connectivity index (χ0) is 16.9. The topological polar surface area (TPSA) is 55.3 Å². The van der Waals surface area contributed by atoms with Gasteiger partial charge in [0, 0.05) is 30.6 Å². The molecule has 2 heterocycles. The third-order valence-corrected chi connectivity index (χ3v) is 6.26. The molecule has 134 valence electrons. The Hall–Kier alpha value is -1.08. The Kier molecular flexibility index (Phi) is 3.91. The van der Waals surface area contributed by atoms with Gasteiger partial charge in [-0.25, -0.2) is 0 Å². The monoisotopic (exact) mass is 343 g/mol. The second kappa shape index (κ2) is 5.73. The van der Waals surface area contributed by atoms with E-state index in [0.29, 0.717) is 17.7 Å². The van der Waals surface area contributed by atoms with E-state index in [4.69, 9.17) is 5.73 Å². The highest BCUT2D eigenvalue weighted by molar-refractivity contribution is 5.32. The number of halogens is 3. The molecule has 1 saturated heterocycles. The van der Waals surface area contributed by atoms with Crippen LogP contribution in [0.3, 0.4) is 0 Å². The van der Waals surface area contributed by atoms with Crippen molar-refractivity contribution in [3.05, 3.63) is 17.5 Å². The van der Waals surface area contributed by atoms with Gasteiger partial charge in [0.1, 0.15) is 0 Å². The number of nitrogens with zero attached hydrogens (tertiary/aromatic N) is 2. The van der Waals surface area contributed by atoms with Crippen LogP contribution in [0.15, 0.2) is 10.6 Å². The fourth-order valence-corrected chi connectivity index (χ4v) is 4.64. The molecule has 2 N–H and O–H groups in total. The number of alkyl halides is 3. The number of rotatable bonds is 4. The highest BCUT2D eigenvalue weighted by Gasteiger charge is 2.62. The molecule has 0 radical (unpaired) electrons. The lowest BCUT2D eigenvalue weighted by molar-refractivity contribution is -0.155. The van der Waals surface area contributed by atoms with E-state index in [1.54, 1.807) is 0 Å². The number of hydrogen-bond donors (Lipinski definition) is 1. The zero-order valence-electron chi connectivity index (χ0n) is 13.7. The van der Waals surface area contributed by atoms with E-state index in [9.17, 15) is 13.2 Å². The Morgan fingerprint density at radius 1 is 1.29 bits per heavy atom. The number of nitrogens with two attached hydrogens (primary N) is 1. The fourth-order valence-electron chi connectivity index (χ4n) is 4.64. The minimum Gasteiger partial charge on any atom is -0.351 e. The van der Waals surface area contributed by atoms with E-state index in [0.717, 1.165) is 50.9 Å². The van der Waals surface area contributed by atoms with Crippen molar-refractivity contribution in [1.82, 2.24) is 10.1 Å². The Labute approximate surface area is 139 Å². The first-order chi connectivity index (χ1) is 11.4. The van der Waals surface area contributed by atoms with Crippen molar-refractivity contribution in [2.24, 2.45) is 17.6 Å². The fraction of sp³-hybridized carbons (Fsp3) is 0.824. The van der Waals surface area contributed by atoms with E-state index < -0.39 is 11.9 Å². The van der Waals surface area contributed by atoms with Gasteiger partial charge in [-0.15, -0.1) is 0 Å². The Morgan fingerprint density at radius 3 is 2.71 bits per heavy atom. The highest BCUT2D eigenvalue weighted by atomic mass is 19.4. The molecule has 4 rings (SSSR count). The third kappa shape index (κ3) is 2.96. The molecule has 24 heavy (non-hydrogen) atoms. The first kappa shape index (κ1) is 16.4. The van der Waals surface area contributed by atoms with Gasteiger partial charge in [0.2, 0.25) is 5.76 Å². The molecular weight excluding hydrogens is 319 g/mol. The number of likely N-dealkylation sites (tertiary alicyclic amines) is 1. The SMILES string of the molecule is NC1CCC(CCN2C[C@@H]3C[C@]3(c3cc(C(F)(F)F)on3)C2)CC1. The number of hydrogen-bond acceptors (Lipinski definition) is 4. The van der Waals surface area contributed by atoms with Crippen molar-refractivity contribution in [3.8, 4) is 0 Å². The van der Waals surface area contributed by atoms with Gasteiger partial charge < -0.3 is 15.2 Å². The lowest BCUT2D eigenvalue weighted by atomic mass is 9.84. The van der Waals surface area contributed by atoms with Crippen LogP contribution >= 0.6 is 0 Å². The predicted molar refractivity (Wildman–Crippen MR) is 82.3 cm³/mol. The average Bonchev–Trinajstić information content (AvgIpc) is 2.93. The molecular formula is C17H24F3N3O. The molecule has 1 aromatic rings. The van der Waals surface area contributed by atoms with Gasteiger partial charge in [0.15, 0.2) is 0 Å². The zero-order valence-corrected chi connectivity index (χ0v) is 13.7. The summed E-state index contributed by atoms with van der Waals surface area (Å²) in [4.78, 5) is 2.39. The Bertz CT molecular complexity index is 594. The van der Waals surface area contributed by atoms with Crippen LogP contribution in [0.1, 0.15) is 50.0 Å². The molecule has 0 amide bonds. The van der Waals surface area contributed by atoms with Gasteiger partial charge in [-0.05, 0) is 56.9 Å². The van der Waals surface area contributed by atoms with E-state index in [1.165, 1.54) is 19.3 Å². The molecule has 2 atom stereocenters. The summed E-state index contributed by atoms with van der Waals surface area (Å²) < 4.78 is 42.6. The average molecular weight is 343 g/mol. The van der Waals surface area contributed by atoms with Crippen LogP contribution in [0.5, 0.6) is 0 Å². The van der Waals surface area contributed by atoms with Gasteiger partial charge in [0.25, 0.3) is 0 Å². The number of fused-ring (bicyclic) bond motifs is 1. The lowest BCUT2D eigenvalue weighted by Gasteiger charge is -2.28. The molecule has 3 fully saturated rings. The first-order valence-electron chi connectivity index (χ1n) is 8.89. The summed E-state index contributed by atoms with van der Waals surface area (Å²) in [6, 6.07) is 1.48. The maximum atomic E-state index is 12.7. The number of piperidine rings is 1. The highest BCUT2D eigenvalue weighted by Crippen LogP contribution is 2.59. The van der Waals surface area contributed by atoms with E-state index >= 15 is 0 Å². The quantitative estimate of drug-likeness (QED) is 0.912. The second-order valence-corrected chi connectivity index (χ2v) is 7.94. The Morgan fingerprint density at radius 2 is 2.04 bits per heavy atom. The minimum atomic E-state index is -4.45. The maximum Gasteiger partial charge on any atom is 0.452 e. The lowest BCUT2D eigenvalue weighted by Crippen LogP contribution is -2.31. The molecule has 0 aromatic carbocycles. The summed E-state index contributed by atoms with van der Waals surface area (Å²) in [5.74, 6) is 0.208. The standard InChI is InChI=1S/C17H24F3N3O/c18-17(19,20)15-7-14(22-24-15)16-8-12(16)9-23(10-16)6-5-11-1-3-13(21)4-2-11/h7,11-13H,1-6,8-10,21H2/t11?,12-,13?,16-/m0/s1. The largest absolute Gasteiger partial charge is 0.452 e. The van der Waals surface area contributed by atoms with Gasteiger partial charge >= 0.3 is 6.18 Å². The second-order valence-electron chi connectivity index (χ2n) is 7.94. The normalized spacial score (nSPS) is 36.8. The molecule has 7 heteroatoms. The summed E-state index contributed by atoms with van der Waals surface area (Å²) in [6.45, 7) is 2.82. The van der Waals surface area contributed by atoms with Crippen molar-refractivity contribution in [3.63, 3.8) is 0 Å². The van der Waals surface area contributed by atoms with Crippen LogP contribution in [0.2, 0.25) is 0 Å². The molecule has 2 aliphatic carbocycles. The molecule has 3 aliphatic rings. The molecule has 0 unspecified atom stereocenters. The smallest absolute Gasteiger partial charge is 0.351 e. The summed E-state index contributed by atoms with van der Waals surface area (Å²) in [5, 5.41) is 3.74. The van der Waals surface area contributed by atoms with Crippen LogP contribution in [-0.2, 0) is 11.6 Å². The van der Waals surface area contributed by atoms with Crippen LogP contribution in [0.4, 0.5) is 13.2 Å². The molecule has 1 aromatic heterocycles. The van der Waals surface area contributed by atoms with Crippen molar-refractivity contribution >= 4 is 0 Å². The summed E-state index contributed by atoms with van der Waals surface area (Å²) in [7, 11) is 0. The van der Waals surface area contributed by atoms with Crippen LogP contribution in [0, 0.1) is 11.8 Å². The van der Waals surface area contributed by atoms with Crippen molar-refractivity contribution < 1.29 is 17.7 Å². The predicted octanol–water partition coefficient (Wildman–Crippen LogP) is 3.17. The molecule has 1 aliphatic heterocycles. The van der Waals surface area contributed by atoms with E-state index in [1.807, 2.05) is 0 Å². The van der Waals surface area contributed by atoms with Crippen molar-refractivity contribution in [1.29, 1.82) is 0 Å². The summed E-state index contributed by atoms with van der Waals surface area (Å²) in [5.41, 5.74) is 6.25. The third-order valence-electron chi connectivity index (χ3n) is 6.26. The van der Waals surface area contributed by atoms with Gasteiger partial charge in [-0.3, -0.25) is 0 Å². The number of aromatic nitrogens is 1. The van der Waals surface area contributed by atoms with E-state index in [-0.39, 0.29) is 5.41 Å². The molecule has 4 nitrogen and oxygen atoms in total. The van der Waals surface area contributed by atoms with Crippen LogP contribution in [0.25, 0.3) is 0 Å². The van der Waals surface area contributed by atoms with Crippen LogP contribution in [-0.4, -0.2) is 35.7 Å². The minimum absolute atomic E-state index is 0.193. The summed E-state index contributed by atoms with van der Waals surface area (Å²) >= 11 is 0. The van der Waals surface area contributed by atoms with E-state index in [2.05, 4.69) is 14.6 Å². The molecule has 0 spiro atoms. The van der Waals surface area contributed by atoms with Crippen molar-refractivity contribution in [2.45, 2.75) is 56.2 Å². The summed E-state index contributed by atoms with van der Waals surface area (Å²) in [6.07, 6.45) is 2.32. The van der Waals surface area contributed by atoms with Gasteiger partial charge in [-0.1, -0.05) is 5.16 Å². The molecule has 2 saturated carbocycles. The molecule has 0 bridgehead atoms. The van der Waals surface area contributed by atoms with Crippen molar-refractivity contribution in [2.75, 3.05) is 19.6 Å². The van der Waals surface area contributed by atoms with Gasteiger partial charge in [0.05, 0.1) is 5.69 Å². The van der Waals surface area contributed by atoms with Crippen LogP contribution < -0.4 is 5.73 Å². The Balaban J connectivity index is 1.33. The van der Waals surface area contributed by atoms with Gasteiger partial charge in [-0.2, -0.15) is 13.2 Å².